The van der Waals surface area contributed by atoms with Crippen LogP contribution in [-0.4, -0.2) is 10.8 Å². The van der Waals surface area contributed by atoms with E-state index in [0.717, 1.165) is 9.77 Å². The van der Waals surface area contributed by atoms with Gasteiger partial charge in [-0.15, -0.1) is 23.1 Å². The fourth-order valence-electron chi connectivity index (χ4n) is 1.47. The van der Waals surface area contributed by atoms with E-state index in [9.17, 15) is 14.9 Å². The van der Waals surface area contributed by atoms with Crippen LogP contribution in [0.15, 0.2) is 41.3 Å². The first-order valence-corrected chi connectivity index (χ1v) is 7.37. The number of nitrogens with one attached hydrogen (secondary N) is 1. The zero-order valence-electron chi connectivity index (χ0n) is 10.2. The topological polar surface area (TPSA) is 98.3 Å². The van der Waals surface area contributed by atoms with Crippen molar-refractivity contribution in [3.05, 3.63) is 56.3 Å². The molecular weight excluding hydrogens is 298 g/mol. The summed E-state index contributed by atoms with van der Waals surface area (Å²) in [7, 11) is 0. The average molecular weight is 309 g/mol. The van der Waals surface area contributed by atoms with E-state index in [1.165, 1.54) is 23.5 Å². The van der Waals surface area contributed by atoms with E-state index < -0.39 is 4.92 Å². The lowest BCUT2D eigenvalue weighted by Crippen LogP contribution is -2.29. The highest BCUT2D eigenvalue weighted by atomic mass is 32.2. The Hall–Kier alpha value is -1.90. The summed E-state index contributed by atoms with van der Waals surface area (Å²) < 4.78 is 0. The maximum atomic E-state index is 11.3. The summed E-state index contributed by atoms with van der Waals surface area (Å²) in [5, 5.41) is 10.5. The van der Waals surface area contributed by atoms with Gasteiger partial charge in [0, 0.05) is 27.7 Å². The number of hydrogen-bond acceptors (Lipinski definition) is 6. The highest BCUT2D eigenvalue weighted by Gasteiger charge is 2.08. The molecule has 0 bridgehead atoms. The molecule has 0 unspecified atom stereocenters. The van der Waals surface area contributed by atoms with Crippen LogP contribution in [0.1, 0.15) is 14.5 Å². The monoisotopic (exact) mass is 309 g/mol. The molecule has 8 heteroatoms. The lowest BCUT2D eigenvalue weighted by molar-refractivity contribution is -0.384. The third kappa shape index (κ3) is 3.56. The fourth-order valence-corrected chi connectivity index (χ4v) is 3.32. The number of benzene rings is 1. The van der Waals surface area contributed by atoms with Gasteiger partial charge in [0.2, 0.25) is 0 Å². The minimum atomic E-state index is -0.425. The van der Waals surface area contributed by atoms with Crippen molar-refractivity contribution in [2.24, 2.45) is 5.84 Å². The number of nitro groups is 1. The Balaban J connectivity index is 1.96. The van der Waals surface area contributed by atoms with Crippen LogP contribution >= 0.6 is 23.1 Å². The minimum absolute atomic E-state index is 0.0763. The van der Waals surface area contributed by atoms with Crippen molar-refractivity contribution < 1.29 is 9.72 Å². The Labute approximate surface area is 123 Å². The van der Waals surface area contributed by atoms with Crippen LogP contribution in [0.2, 0.25) is 0 Å². The molecular formula is C12H11N3O3S2. The Morgan fingerprint density at radius 2 is 2.00 bits per heavy atom. The SMILES string of the molecule is NNC(=O)c1ccc(CSc2ccc([N+](=O)[O-])cc2)s1. The molecule has 0 saturated heterocycles. The van der Waals surface area contributed by atoms with E-state index in [4.69, 9.17) is 5.84 Å². The van der Waals surface area contributed by atoms with Gasteiger partial charge in [0.05, 0.1) is 9.80 Å². The molecule has 2 aromatic rings. The van der Waals surface area contributed by atoms with Crippen LogP contribution in [0.4, 0.5) is 5.69 Å². The van der Waals surface area contributed by atoms with Crippen molar-refractivity contribution >= 4 is 34.7 Å². The van der Waals surface area contributed by atoms with Gasteiger partial charge in [-0.05, 0) is 24.3 Å². The zero-order valence-corrected chi connectivity index (χ0v) is 11.9. The number of rotatable bonds is 5. The summed E-state index contributed by atoms with van der Waals surface area (Å²) in [6, 6.07) is 9.97. The van der Waals surface area contributed by atoms with Crippen molar-refractivity contribution in [2.75, 3.05) is 0 Å². The van der Waals surface area contributed by atoms with Crippen molar-refractivity contribution in [3.63, 3.8) is 0 Å². The molecule has 1 aromatic carbocycles. The lowest BCUT2D eigenvalue weighted by Gasteiger charge is -1.99. The molecule has 1 amide bonds. The van der Waals surface area contributed by atoms with Gasteiger partial charge >= 0.3 is 0 Å². The number of nitrogens with two attached hydrogens (primary N) is 1. The molecule has 0 atom stereocenters. The lowest BCUT2D eigenvalue weighted by atomic mass is 10.3. The molecule has 1 heterocycles. The molecule has 6 nitrogen and oxygen atoms in total. The third-order valence-corrected chi connectivity index (χ3v) is 4.77. The second-order valence-electron chi connectivity index (χ2n) is 3.78. The van der Waals surface area contributed by atoms with E-state index in [1.54, 1.807) is 30.0 Å². The molecule has 0 saturated carbocycles. The summed E-state index contributed by atoms with van der Waals surface area (Å²) in [6.45, 7) is 0. The molecule has 0 fully saturated rings. The number of amides is 1. The second-order valence-corrected chi connectivity index (χ2v) is 6.00. The molecule has 0 aliphatic heterocycles. The van der Waals surface area contributed by atoms with Crippen molar-refractivity contribution in [1.82, 2.24) is 5.43 Å². The van der Waals surface area contributed by atoms with Gasteiger partial charge in [-0.3, -0.25) is 20.3 Å². The molecule has 0 spiro atoms. The Morgan fingerprint density at radius 1 is 1.30 bits per heavy atom. The van der Waals surface area contributed by atoms with E-state index in [-0.39, 0.29) is 11.6 Å². The van der Waals surface area contributed by atoms with Gasteiger partial charge in [-0.2, -0.15) is 0 Å². The quantitative estimate of drug-likeness (QED) is 0.291. The number of thiophene rings is 1. The summed E-state index contributed by atoms with van der Waals surface area (Å²) in [5.74, 6) is 5.45. The standard InChI is InChI=1S/C12H11N3O3S2/c13-14-12(16)11-6-5-10(20-11)7-19-9-3-1-8(2-4-9)15(17)18/h1-6H,7,13H2,(H,14,16). The van der Waals surface area contributed by atoms with Gasteiger partial charge in [0.25, 0.3) is 11.6 Å². The molecule has 2 rings (SSSR count). The number of hydrogen-bond donors (Lipinski definition) is 2. The van der Waals surface area contributed by atoms with E-state index in [2.05, 4.69) is 5.43 Å². The number of nitro benzene ring substituents is 1. The van der Waals surface area contributed by atoms with Crippen LogP contribution in [0.3, 0.4) is 0 Å². The van der Waals surface area contributed by atoms with Crippen LogP contribution in [0.25, 0.3) is 0 Å². The smallest absolute Gasteiger partial charge is 0.275 e. The molecule has 0 aliphatic carbocycles. The molecule has 1 aromatic heterocycles. The largest absolute Gasteiger partial charge is 0.289 e. The summed E-state index contributed by atoms with van der Waals surface area (Å²) in [6.07, 6.45) is 0. The van der Waals surface area contributed by atoms with Gasteiger partial charge in [0.1, 0.15) is 0 Å². The van der Waals surface area contributed by atoms with Crippen molar-refractivity contribution in [2.45, 2.75) is 10.6 Å². The van der Waals surface area contributed by atoms with Gasteiger partial charge in [-0.1, -0.05) is 0 Å². The zero-order chi connectivity index (χ0) is 14.5. The minimum Gasteiger partial charge on any atom is -0.289 e. The first kappa shape index (κ1) is 14.5. The van der Waals surface area contributed by atoms with Crippen LogP contribution in [0, 0.1) is 10.1 Å². The number of carbonyl (C=O) groups excluding carboxylic acids is 1. The first-order chi connectivity index (χ1) is 9.60. The van der Waals surface area contributed by atoms with Crippen molar-refractivity contribution in [3.8, 4) is 0 Å². The molecule has 0 radical (unpaired) electrons. The Morgan fingerprint density at radius 3 is 2.60 bits per heavy atom. The first-order valence-electron chi connectivity index (χ1n) is 5.57. The maximum Gasteiger partial charge on any atom is 0.275 e. The van der Waals surface area contributed by atoms with Gasteiger partial charge in [-0.25, -0.2) is 5.84 Å². The Bertz CT molecular complexity index is 625. The number of nitrogens with zero attached hydrogens (tertiary/aromatic N) is 1. The normalized spacial score (nSPS) is 10.2. The van der Waals surface area contributed by atoms with Crippen LogP contribution in [-0.2, 0) is 5.75 Å². The van der Waals surface area contributed by atoms with Gasteiger partial charge < -0.3 is 0 Å². The van der Waals surface area contributed by atoms with E-state index in [0.29, 0.717) is 10.6 Å². The van der Waals surface area contributed by atoms with Crippen LogP contribution < -0.4 is 11.3 Å². The van der Waals surface area contributed by atoms with E-state index >= 15 is 0 Å². The molecule has 104 valence electrons. The second kappa shape index (κ2) is 6.51. The molecule has 0 aliphatic rings. The number of nitrogen functional groups attached to an aromatic ring is 1. The summed E-state index contributed by atoms with van der Waals surface area (Å²) >= 11 is 2.92. The predicted molar refractivity (Wildman–Crippen MR) is 78.6 cm³/mol. The fraction of sp³-hybridized carbons (Fsp3) is 0.0833. The number of thioether (sulfide) groups is 1. The van der Waals surface area contributed by atoms with Crippen LogP contribution in [0.5, 0.6) is 0 Å². The van der Waals surface area contributed by atoms with E-state index in [1.807, 2.05) is 6.07 Å². The predicted octanol–water partition coefficient (Wildman–Crippen LogP) is 2.55. The summed E-state index contributed by atoms with van der Waals surface area (Å²) in [4.78, 5) is 24.0. The number of hydrazine groups is 1. The number of carbonyl (C=O) groups is 1. The molecule has 20 heavy (non-hydrogen) atoms. The highest BCUT2D eigenvalue weighted by molar-refractivity contribution is 7.98. The maximum absolute atomic E-state index is 11.3. The third-order valence-electron chi connectivity index (χ3n) is 2.45. The number of non-ortho nitro benzene ring substituents is 1. The van der Waals surface area contributed by atoms with Gasteiger partial charge in [0.15, 0.2) is 0 Å². The highest BCUT2D eigenvalue weighted by Crippen LogP contribution is 2.28. The summed E-state index contributed by atoms with van der Waals surface area (Å²) in [5.41, 5.74) is 2.16. The average Bonchev–Trinajstić information content (AvgIpc) is 2.93. The Kier molecular flexibility index (Phi) is 4.72. The van der Waals surface area contributed by atoms with Crippen molar-refractivity contribution in [1.29, 1.82) is 0 Å². The molecule has 3 N–H and O–H groups in total.